The zero-order valence-corrected chi connectivity index (χ0v) is 15.3. The molecule has 2 aromatic rings. The molecule has 0 radical (unpaired) electrons. The SMILES string of the molecule is Cc1c(Cl)cnc(NC(=O)CN2C(=O)NC(C)(c3ccco3)C2=O)c1Cl. The number of halogens is 2. The Kier molecular flexibility index (Phi) is 4.64. The van der Waals surface area contributed by atoms with Crippen LogP contribution in [0.1, 0.15) is 18.2 Å². The van der Waals surface area contributed by atoms with Crippen molar-refractivity contribution in [2.45, 2.75) is 19.4 Å². The Morgan fingerprint density at radius 1 is 1.42 bits per heavy atom. The second-order valence-electron chi connectivity index (χ2n) is 5.87. The van der Waals surface area contributed by atoms with Gasteiger partial charge in [-0.05, 0) is 31.5 Å². The van der Waals surface area contributed by atoms with Gasteiger partial charge in [-0.15, -0.1) is 0 Å². The molecule has 1 aliphatic rings. The van der Waals surface area contributed by atoms with Crippen LogP contribution in [0.3, 0.4) is 0 Å². The van der Waals surface area contributed by atoms with Crippen LogP contribution in [0.2, 0.25) is 10.0 Å². The summed E-state index contributed by atoms with van der Waals surface area (Å²) in [6.45, 7) is 2.68. The number of hydrogen-bond donors (Lipinski definition) is 2. The Labute approximate surface area is 158 Å². The lowest BCUT2D eigenvalue weighted by Crippen LogP contribution is -2.41. The lowest BCUT2D eigenvalue weighted by molar-refractivity contribution is -0.134. The fourth-order valence-corrected chi connectivity index (χ4v) is 2.92. The van der Waals surface area contributed by atoms with Crippen molar-refractivity contribution >= 4 is 46.9 Å². The third kappa shape index (κ3) is 3.02. The van der Waals surface area contributed by atoms with E-state index in [0.29, 0.717) is 10.6 Å². The van der Waals surface area contributed by atoms with Crippen molar-refractivity contribution in [2.75, 3.05) is 11.9 Å². The summed E-state index contributed by atoms with van der Waals surface area (Å²) in [5.74, 6) is -0.858. The quantitative estimate of drug-likeness (QED) is 0.772. The summed E-state index contributed by atoms with van der Waals surface area (Å²) < 4.78 is 5.23. The van der Waals surface area contributed by atoms with Gasteiger partial charge in [0.2, 0.25) is 5.91 Å². The largest absolute Gasteiger partial charge is 0.466 e. The van der Waals surface area contributed by atoms with Gasteiger partial charge in [-0.25, -0.2) is 9.78 Å². The number of urea groups is 1. The highest BCUT2D eigenvalue weighted by Crippen LogP contribution is 2.30. The monoisotopic (exact) mass is 396 g/mol. The van der Waals surface area contributed by atoms with Crippen molar-refractivity contribution in [2.24, 2.45) is 0 Å². The van der Waals surface area contributed by atoms with Gasteiger partial charge in [0.25, 0.3) is 5.91 Å². The van der Waals surface area contributed by atoms with Gasteiger partial charge in [-0.1, -0.05) is 23.2 Å². The maximum absolute atomic E-state index is 12.6. The fraction of sp³-hybridized carbons (Fsp3) is 0.250. The number of furan rings is 1. The van der Waals surface area contributed by atoms with Crippen LogP contribution >= 0.6 is 23.2 Å². The lowest BCUT2D eigenvalue weighted by atomic mass is 9.99. The molecule has 8 nitrogen and oxygen atoms in total. The van der Waals surface area contributed by atoms with E-state index >= 15 is 0 Å². The van der Waals surface area contributed by atoms with Gasteiger partial charge in [0.15, 0.2) is 11.4 Å². The average Bonchev–Trinajstić information content (AvgIpc) is 3.20. The highest BCUT2D eigenvalue weighted by molar-refractivity contribution is 6.37. The third-order valence-electron chi connectivity index (χ3n) is 4.05. The number of hydrogen-bond acceptors (Lipinski definition) is 5. The van der Waals surface area contributed by atoms with Crippen molar-refractivity contribution < 1.29 is 18.8 Å². The van der Waals surface area contributed by atoms with Gasteiger partial charge in [0, 0.05) is 6.20 Å². The van der Waals surface area contributed by atoms with E-state index < -0.39 is 29.9 Å². The number of aromatic nitrogens is 1. The molecule has 26 heavy (non-hydrogen) atoms. The first-order chi connectivity index (χ1) is 12.2. The van der Waals surface area contributed by atoms with Gasteiger partial charge >= 0.3 is 6.03 Å². The molecular formula is C16H14Cl2N4O4. The first-order valence-electron chi connectivity index (χ1n) is 7.52. The Morgan fingerprint density at radius 3 is 2.81 bits per heavy atom. The second kappa shape index (κ2) is 6.62. The molecule has 1 atom stereocenters. The van der Waals surface area contributed by atoms with Crippen LogP contribution in [0, 0.1) is 6.92 Å². The molecule has 10 heteroatoms. The maximum atomic E-state index is 12.6. The Morgan fingerprint density at radius 2 is 2.15 bits per heavy atom. The number of rotatable bonds is 4. The zero-order valence-electron chi connectivity index (χ0n) is 13.8. The van der Waals surface area contributed by atoms with Crippen molar-refractivity contribution in [1.29, 1.82) is 0 Å². The minimum absolute atomic E-state index is 0.0967. The summed E-state index contributed by atoms with van der Waals surface area (Å²) in [5.41, 5.74) is -0.813. The number of carbonyl (C=O) groups excluding carboxylic acids is 3. The molecule has 1 unspecified atom stereocenters. The maximum Gasteiger partial charge on any atom is 0.325 e. The van der Waals surface area contributed by atoms with Crippen molar-refractivity contribution in [1.82, 2.24) is 15.2 Å². The van der Waals surface area contributed by atoms with E-state index in [1.807, 2.05) is 0 Å². The summed E-state index contributed by atoms with van der Waals surface area (Å²) in [7, 11) is 0. The predicted molar refractivity (Wildman–Crippen MR) is 93.9 cm³/mol. The Balaban J connectivity index is 1.75. The molecule has 3 heterocycles. The van der Waals surface area contributed by atoms with Gasteiger partial charge in [-0.3, -0.25) is 14.5 Å². The van der Waals surface area contributed by atoms with E-state index in [1.54, 1.807) is 19.1 Å². The molecule has 1 aliphatic heterocycles. The van der Waals surface area contributed by atoms with Gasteiger partial charge < -0.3 is 15.1 Å². The first-order valence-corrected chi connectivity index (χ1v) is 8.28. The summed E-state index contributed by atoms with van der Waals surface area (Å²) in [5, 5.41) is 5.55. The summed E-state index contributed by atoms with van der Waals surface area (Å²) in [6.07, 6.45) is 2.74. The highest BCUT2D eigenvalue weighted by Gasteiger charge is 2.51. The molecule has 4 amide bonds. The number of nitrogens with zero attached hydrogens (tertiary/aromatic N) is 2. The topological polar surface area (TPSA) is 105 Å². The van der Waals surface area contributed by atoms with Crippen LogP contribution in [0.4, 0.5) is 10.6 Å². The predicted octanol–water partition coefficient (Wildman–Crippen LogP) is 2.70. The van der Waals surface area contributed by atoms with Gasteiger partial charge in [0.1, 0.15) is 12.3 Å². The molecule has 2 aromatic heterocycles. The van der Waals surface area contributed by atoms with E-state index in [-0.39, 0.29) is 16.6 Å². The highest BCUT2D eigenvalue weighted by atomic mass is 35.5. The number of imide groups is 1. The van der Waals surface area contributed by atoms with E-state index in [1.165, 1.54) is 19.4 Å². The number of nitrogens with one attached hydrogen (secondary N) is 2. The molecule has 0 spiro atoms. The van der Waals surface area contributed by atoms with Crippen LogP contribution in [0.15, 0.2) is 29.0 Å². The smallest absolute Gasteiger partial charge is 0.325 e. The molecule has 136 valence electrons. The van der Waals surface area contributed by atoms with Crippen LogP contribution in [-0.2, 0) is 15.1 Å². The molecule has 0 aliphatic carbocycles. The molecule has 3 rings (SSSR count). The summed E-state index contributed by atoms with van der Waals surface area (Å²) >= 11 is 12.0. The standard InChI is InChI=1S/C16H14Cl2N4O4/c1-8-9(17)6-19-13(12(8)18)20-11(23)7-22-14(24)16(2,21-15(22)25)10-4-3-5-26-10/h3-6H,7H2,1-2H3,(H,21,25)(H,19,20,23). The summed E-state index contributed by atoms with van der Waals surface area (Å²) in [4.78, 5) is 41.8. The second-order valence-corrected chi connectivity index (χ2v) is 6.65. The molecule has 0 bridgehead atoms. The molecule has 0 saturated carbocycles. The Hall–Kier alpha value is -2.58. The van der Waals surface area contributed by atoms with Crippen molar-refractivity contribution in [3.8, 4) is 0 Å². The average molecular weight is 397 g/mol. The minimum Gasteiger partial charge on any atom is -0.466 e. The van der Waals surface area contributed by atoms with E-state index in [4.69, 9.17) is 27.6 Å². The Bertz CT molecular complexity index is 900. The van der Waals surface area contributed by atoms with Gasteiger partial charge in [0.05, 0.1) is 16.3 Å². The normalized spacial score (nSPS) is 19.6. The molecule has 1 fully saturated rings. The minimum atomic E-state index is -1.37. The van der Waals surface area contributed by atoms with Crippen LogP contribution in [-0.4, -0.2) is 34.3 Å². The van der Waals surface area contributed by atoms with E-state index in [0.717, 1.165) is 4.90 Å². The lowest BCUT2D eigenvalue weighted by Gasteiger charge is -2.18. The molecular weight excluding hydrogens is 383 g/mol. The number of carbonyl (C=O) groups is 3. The summed E-state index contributed by atoms with van der Waals surface area (Å²) in [6, 6.07) is 2.48. The number of amides is 4. The van der Waals surface area contributed by atoms with Crippen molar-refractivity contribution in [3.05, 3.63) is 46.0 Å². The van der Waals surface area contributed by atoms with E-state index in [9.17, 15) is 14.4 Å². The van der Waals surface area contributed by atoms with Gasteiger partial charge in [-0.2, -0.15) is 0 Å². The molecule has 1 saturated heterocycles. The van der Waals surface area contributed by atoms with Crippen LogP contribution in [0.5, 0.6) is 0 Å². The third-order valence-corrected chi connectivity index (χ3v) is 4.89. The van der Waals surface area contributed by atoms with E-state index in [2.05, 4.69) is 15.6 Å². The van der Waals surface area contributed by atoms with Crippen molar-refractivity contribution in [3.63, 3.8) is 0 Å². The zero-order chi connectivity index (χ0) is 19.1. The number of anilines is 1. The van der Waals surface area contributed by atoms with Crippen LogP contribution in [0.25, 0.3) is 0 Å². The molecule has 0 aromatic carbocycles. The van der Waals surface area contributed by atoms with Crippen LogP contribution < -0.4 is 10.6 Å². The number of pyridine rings is 1. The molecule has 2 N–H and O–H groups in total. The fourth-order valence-electron chi connectivity index (χ4n) is 2.53. The first kappa shape index (κ1) is 18.2.